The first-order chi connectivity index (χ1) is 8.74. The van der Waals surface area contributed by atoms with Crippen molar-refractivity contribution in [2.45, 2.75) is 12.7 Å². The number of halogens is 3. The number of rotatable bonds is 4. The number of nitrogens with zero attached hydrogens (tertiary/aromatic N) is 1. The summed E-state index contributed by atoms with van der Waals surface area (Å²) in [6.45, 7) is 0.196. The molecule has 0 aromatic carbocycles. The minimum absolute atomic E-state index is 0.153. The van der Waals surface area contributed by atoms with Gasteiger partial charge in [-0.1, -0.05) is 0 Å². The predicted octanol–water partition coefficient (Wildman–Crippen LogP) is 0.436. The molecule has 9 heteroatoms. The van der Waals surface area contributed by atoms with E-state index in [1.54, 1.807) is 6.07 Å². The number of carbonyl (C=O) groups excluding carboxylic acids is 1. The normalized spacial score (nSPS) is 13.7. The van der Waals surface area contributed by atoms with Crippen molar-refractivity contribution >= 4 is 17.4 Å². The van der Waals surface area contributed by atoms with Gasteiger partial charge < -0.3 is 22.2 Å². The number of aliphatic imine (C=N–C) groups is 1. The maximum absolute atomic E-state index is 12.2. The summed E-state index contributed by atoms with van der Waals surface area (Å²) < 4.78 is 36.7. The van der Waals surface area contributed by atoms with Gasteiger partial charge in [0.2, 0.25) is 0 Å². The highest BCUT2D eigenvalue weighted by molar-refractivity contribution is 6.43. The molecule has 0 aliphatic heterocycles. The Bertz CT molecular complexity index is 530. The molecule has 6 nitrogen and oxygen atoms in total. The lowest BCUT2D eigenvalue weighted by molar-refractivity contribution is -0.111. The van der Waals surface area contributed by atoms with Crippen molar-refractivity contribution in [3.8, 4) is 0 Å². The zero-order valence-electron chi connectivity index (χ0n) is 9.66. The van der Waals surface area contributed by atoms with Gasteiger partial charge in [-0.25, -0.2) is 4.99 Å². The summed E-state index contributed by atoms with van der Waals surface area (Å²) in [4.78, 5) is 17.4. The third-order valence-corrected chi connectivity index (χ3v) is 2.06. The van der Waals surface area contributed by atoms with Crippen molar-refractivity contribution in [2.24, 2.45) is 22.2 Å². The minimum atomic E-state index is -4.76. The number of amides is 1. The van der Waals surface area contributed by atoms with Crippen molar-refractivity contribution in [1.82, 2.24) is 4.98 Å². The number of aromatic nitrogens is 1. The number of alkyl halides is 3. The molecule has 104 valence electrons. The van der Waals surface area contributed by atoms with Gasteiger partial charge in [0, 0.05) is 12.2 Å². The molecule has 7 N–H and O–H groups in total. The van der Waals surface area contributed by atoms with E-state index in [0.29, 0.717) is 11.8 Å². The summed E-state index contributed by atoms with van der Waals surface area (Å²) in [5.74, 6) is -0.975. The van der Waals surface area contributed by atoms with Gasteiger partial charge >= 0.3 is 6.18 Å². The molecule has 0 saturated heterocycles. The van der Waals surface area contributed by atoms with Crippen LogP contribution in [0.4, 0.5) is 19.0 Å². The van der Waals surface area contributed by atoms with Crippen LogP contribution in [0.1, 0.15) is 5.69 Å². The lowest BCUT2D eigenvalue weighted by Crippen LogP contribution is -2.26. The van der Waals surface area contributed by atoms with Crippen LogP contribution in [0.2, 0.25) is 0 Å². The fourth-order valence-electron chi connectivity index (χ4n) is 1.13. The minimum Gasteiger partial charge on any atom is -0.395 e. The Kier molecular flexibility index (Phi) is 4.33. The molecule has 1 rings (SSSR count). The largest absolute Gasteiger partial charge is 0.430 e. The molecule has 0 fully saturated rings. The number of hydrogen-bond acceptors (Lipinski definition) is 4. The van der Waals surface area contributed by atoms with E-state index in [9.17, 15) is 18.0 Å². The number of nitrogens with two attached hydrogens (primary N) is 3. The lowest BCUT2D eigenvalue weighted by atomic mass is 10.2. The Hall–Kier alpha value is -2.29. The van der Waals surface area contributed by atoms with Crippen LogP contribution in [-0.4, -0.2) is 22.8 Å². The molecule has 0 bridgehead atoms. The van der Waals surface area contributed by atoms with Crippen LogP contribution in [0.15, 0.2) is 28.9 Å². The van der Waals surface area contributed by atoms with Crippen LogP contribution in [-0.2, 0) is 11.3 Å². The molecule has 0 saturated carbocycles. The summed E-state index contributed by atoms with van der Waals surface area (Å²) in [5, 5.41) is 0. The van der Waals surface area contributed by atoms with Gasteiger partial charge in [0.15, 0.2) is 0 Å². The number of H-pyrrole nitrogens is 1. The van der Waals surface area contributed by atoms with Gasteiger partial charge in [0.1, 0.15) is 17.2 Å². The average Bonchev–Trinajstić information content (AvgIpc) is 2.74. The van der Waals surface area contributed by atoms with Crippen LogP contribution >= 0.6 is 0 Å². The van der Waals surface area contributed by atoms with E-state index < -0.39 is 23.5 Å². The summed E-state index contributed by atoms with van der Waals surface area (Å²) in [6, 6.07) is 3.02. The molecule has 0 atom stereocenters. The zero-order valence-corrected chi connectivity index (χ0v) is 9.66. The van der Waals surface area contributed by atoms with E-state index in [1.165, 1.54) is 6.07 Å². The maximum Gasteiger partial charge on any atom is 0.430 e. The average molecular weight is 275 g/mol. The first-order valence-corrected chi connectivity index (χ1v) is 5.05. The number of nitrogens with one attached hydrogen (secondary N) is 1. The van der Waals surface area contributed by atoms with Gasteiger partial charge in [0.25, 0.3) is 5.91 Å². The molecule has 0 spiro atoms. The fourth-order valence-corrected chi connectivity index (χ4v) is 1.13. The first-order valence-electron chi connectivity index (χ1n) is 5.05. The summed E-state index contributed by atoms with van der Waals surface area (Å²) in [5.41, 5.74) is 13.6. The summed E-state index contributed by atoms with van der Waals surface area (Å²) in [6.07, 6.45) is -4.38. The van der Waals surface area contributed by atoms with Crippen LogP contribution in [0.25, 0.3) is 0 Å². The second-order valence-corrected chi connectivity index (χ2v) is 3.53. The van der Waals surface area contributed by atoms with Gasteiger partial charge in [-0.2, -0.15) is 13.2 Å². The number of hydrogen-bond donors (Lipinski definition) is 4. The van der Waals surface area contributed by atoms with Crippen LogP contribution in [0, 0.1) is 0 Å². The summed E-state index contributed by atoms with van der Waals surface area (Å²) in [7, 11) is 0. The molecule has 0 unspecified atom stereocenters. The molecule has 0 aliphatic carbocycles. The van der Waals surface area contributed by atoms with E-state index in [2.05, 4.69) is 9.98 Å². The monoisotopic (exact) mass is 275 g/mol. The van der Waals surface area contributed by atoms with Crippen molar-refractivity contribution in [3.63, 3.8) is 0 Å². The van der Waals surface area contributed by atoms with Crippen LogP contribution in [0.3, 0.4) is 0 Å². The molecular formula is C10H12F3N5O. The maximum atomic E-state index is 12.2. The van der Waals surface area contributed by atoms with Crippen molar-refractivity contribution in [2.75, 3.05) is 0 Å². The van der Waals surface area contributed by atoms with Crippen molar-refractivity contribution in [1.29, 1.82) is 0 Å². The van der Waals surface area contributed by atoms with E-state index in [-0.39, 0.29) is 12.4 Å². The zero-order chi connectivity index (χ0) is 14.6. The SMILES string of the molecule is NCc1ccc(/N=C(/C=C(\N)C(F)(F)F)C(N)=O)[nH]1. The molecule has 0 aliphatic rings. The standard InChI is InChI=1S/C10H12F3N5O/c11-10(12,13)7(15)3-6(9(16)19)18-8-2-1-5(4-14)17-8/h1-3,17H,4,14-15H2,(H2,16,19)/b7-3-,18-6-. The van der Waals surface area contributed by atoms with Gasteiger partial charge in [-0.15, -0.1) is 0 Å². The topological polar surface area (TPSA) is 123 Å². The van der Waals surface area contributed by atoms with E-state index in [0.717, 1.165) is 0 Å². The predicted molar refractivity (Wildman–Crippen MR) is 63.3 cm³/mol. The lowest BCUT2D eigenvalue weighted by Gasteiger charge is -2.05. The van der Waals surface area contributed by atoms with Crippen LogP contribution < -0.4 is 17.2 Å². The van der Waals surface area contributed by atoms with Crippen LogP contribution in [0.5, 0.6) is 0 Å². The fraction of sp³-hybridized carbons (Fsp3) is 0.200. The number of allylic oxidation sites excluding steroid dienone is 1. The molecule has 1 amide bonds. The number of aromatic amines is 1. The molecule has 1 aromatic heterocycles. The second kappa shape index (κ2) is 5.57. The first kappa shape index (κ1) is 14.8. The molecule has 1 aromatic rings. The molecule has 19 heavy (non-hydrogen) atoms. The number of carbonyl (C=O) groups is 1. The van der Waals surface area contributed by atoms with Crippen molar-refractivity contribution in [3.05, 3.63) is 29.6 Å². The third-order valence-electron chi connectivity index (χ3n) is 2.06. The van der Waals surface area contributed by atoms with E-state index >= 15 is 0 Å². The molecular weight excluding hydrogens is 263 g/mol. The quantitative estimate of drug-likeness (QED) is 0.596. The highest BCUT2D eigenvalue weighted by atomic mass is 19.4. The van der Waals surface area contributed by atoms with Gasteiger partial charge in [-0.3, -0.25) is 4.79 Å². The smallest absolute Gasteiger partial charge is 0.395 e. The Morgan fingerprint density at radius 1 is 1.37 bits per heavy atom. The molecule has 0 radical (unpaired) electrons. The highest BCUT2D eigenvalue weighted by Gasteiger charge is 2.32. The Morgan fingerprint density at radius 3 is 2.42 bits per heavy atom. The third kappa shape index (κ3) is 4.14. The van der Waals surface area contributed by atoms with E-state index in [1.807, 2.05) is 0 Å². The number of primary amides is 1. The summed E-state index contributed by atoms with van der Waals surface area (Å²) >= 11 is 0. The molecule has 1 heterocycles. The van der Waals surface area contributed by atoms with Crippen molar-refractivity contribution < 1.29 is 18.0 Å². The van der Waals surface area contributed by atoms with E-state index in [4.69, 9.17) is 17.2 Å². The Labute approximate surface area is 106 Å². The Morgan fingerprint density at radius 2 is 2.00 bits per heavy atom. The Balaban J connectivity index is 3.11. The highest BCUT2D eigenvalue weighted by Crippen LogP contribution is 2.21. The van der Waals surface area contributed by atoms with Gasteiger partial charge in [-0.05, 0) is 18.2 Å². The van der Waals surface area contributed by atoms with Gasteiger partial charge in [0.05, 0.1) is 0 Å². The second-order valence-electron chi connectivity index (χ2n) is 3.53.